The maximum Gasteiger partial charge on any atom is 0.327 e. The van der Waals surface area contributed by atoms with Gasteiger partial charge in [0.05, 0.1) is 5.69 Å². The van der Waals surface area contributed by atoms with Crippen LogP contribution in [0.2, 0.25) is 0 Å². The van der Waals surface area contributed by atoms with Gasteiger partial charge in [0.1, 0.15) is 18.4 Å². The van der Waals surface area contributed by atoms with Crippen LogP contribution in [-0.4, -0.2) is 17.1 Å². The fourth-order valence-electron chi connectivity index (χ4n) is 1.82. The Bertz CT molecular complexity index is 601. The summed E-state index contributed by atoms with van der Waals surface area (Å²) in [6, 6.07) is 16.1. The lowest BCUT2D eigenvalue weighted by Gasteiger charge is -2.23. The van der Waals surface area contributed by atoms with Crippen molar-refractivity contribution in [3.05, 3.63) is 60.2 Å². The van der Waals surface area contributed by atoms with Gasteiger partial charge in [0.25, 0.3) is 0 Å². The Hall–Kier alpha value is -2.53. The van der Waals surface area contributed by atoms with Crippen molar-refractivity contribution in [2.75, 3.05) is 5.01 Å². The second kappa shape index (κ2) is 6.76. The zero-order valence-electron chi connectivity index (χ0n) is 11.8. The van der Waals surface area contributed by atoms with Crippen molar-refractivity contribution in [3.8, 4) is 5.75 Å². The van der Waals surface area contributed by atoms with E-state index in [0.29, 0.717) is 18.0 Å². The molecular formula is C16H18N2O3. The van der Waals surface area contributed by atoms with Crippen molar-refractivity contribution in [2.45, 2.75) is 19.6 Å². The molecule has 0 radical (unpaired) electrons. The van der Waals surface area contributed by atoms with Gasteiger partial charge in [-0.15, -0.1) is 0 Å². The molecule has 110 valence electrons. The Morgan fingerprint density at radius 2 is 1.95 bits per heavy atom. The number of anilines is 1. The van der Waals surface area contributed by atoms with Gasteiger partial charge in [0.15, 0.2) is 0 Å². The summed E-state index contributed by atoms with van der Waals surface area (Å²) in [5.41, 5.74) is 1.65. The maximum atomic E-state index is 11.0. The largest absolute Gasteiger partial charge is 0.489 e. The normalized spacial score (nSPS) is 11.7. The van der Waals surface area contributed by atoms with Crippen molar-refractivity contribution in [1.29, 1.82) is 0 Å². The summed E-state index contributed by atoms with van der Waals surface area (Å²) in [4.78, 5) is 11.0. The molecule has 0 aliphatic heterocycles. The van der Waals surface area contributed by atoms with E-state index in [1.807, 2.05) is 36.4 Å². The van der Waals surface area contributed by atoms with Gasteiger partial charge in [-0.25, -0.2) is 10.6 Å². The van der Waals surface area contributed by atoms with E-state index in [1.54, 1.807) is 18.2 Å². The number of hydrazine groups is 1. The van der Waals surface area contributed by atoms with Crippen LogP contribution in [0.3, 0.4) is 0 Å². The Labute approximate surface area is 123 Å². The van der Waals surface area contributed by atoms with E-state index in [9.17, 15) is 4.79 Å². The first-order valence-corrected chi connectivity index (χ1v) is 6.61. The van der Waals surface area contributed by atoms with Crippen LogP contribution in [-0.2, 0) is 11.4 Å². The number of aliphatic carboxylic acids is 1. The molecule has 1 unspecified atom stereocenters. The minimum Gasteiger partial charge on any atom is -0.489 e. The monoisotopic (exact) mass is 286 g/mol. The van der Waals surface area contributed by atoms with Gasteiger partial charge in [0, 0.05) is 6.07 Å². The minimum atomic E-state index is -0.979. The van der Waals surface area contributed by atoms with Crippen LogP contribution in [0, 0.1) is 0 Å². The van der Waals surface area contributed by atoms with Crippen molar-refractivity contribution in [1.82, 2.24) is 0 Å². The zero-order valence-corrected chi connectivity index (χ0v) is 11.8. The number of rotatable bonds is 6. The van der Waals surface area contributed by atoms with Gasteiger partial charge in [-0.2, -0.15) is 0 Å². The minimum absolute atomic E-state index is 0.448. The van der Waals surface area contributed by atoms with E-state index in [-0.39, 0.29) is 0 Å². The van der Waals surface area contributed by atoms with Gasteiger partial charge < -0.3 is 9.84 Å². The summed E-state index contributed by atoms with van der Waals surface area (Å²) in [5, 5.41) is 10.2. The fourth-order valence-corrected chi connectivity index (χ4v) is 1.82. The van der Waals surface area contributed by atoms with Crippen LogP contribution in [0.1, 0.15) is 12.5 Å². The van der Waals surface area contributed by atoms with Crippen LogP contribution >= 0.6 is 0 Å². The number of carboxylic acids is 1. The molecular weight excluding hydrogens is 268 g/mol. The molecule has 0 aromatic heterocycles. The number of carbonyl (C=O) groups is 1. The molecule has 5 nitrogen and oxygen atoms in total. The Balaban J connectivity index is 2.05. The molecule has 0 spiro atoms. The number of hydrogen-bond acceptors (Lipinski definition) is 4. The summed E-state index contributed by atoms with van der Waals surface area (Å²) >= 11 is 0. The fraction of sp³-hybridized carbons (Fsp3) is 0.188. The first-order valence-electron chi connectivity index (χ1n) is 6.61. The molecule has 2 aromatic rings. The first kappa shape index (κ1) is 14.9. The van der Waals surface area contributed by atoms with Gasteiger partial charge in [-0.05, 0) is 24.6 Å². The quantitative estimate of drug-likeness (QED) is 0.630. The Morgan fingerprint density at radius 1 is 1.24 bits per heavy atom. The van der Waals surface area contributed by atoms with E-state index in [4.69, 9.17) is 15.7 Å². The predicted molar refractivity (Wildman–Crippen MR) is 81.0 cm³/mol. The van der Waals surface area contributed by atoms with Crippen molar-refractivity contribution < 1.29 is 14.6 Å². The van der Waals surface area contributed by atoms with E-state index < -0.39 is 12.0 Å². The van der Waals surface area contributed by atoms with Crippen molar-refractivity contribution in [2.24, 2.45) is 5.84 Å². The van der Waals surface area contributed by atoms with E-state index in [1.165, 1.54) is 11.9 Å². The third kappa shape index (κ3) is 3.97. The van der Waals surface area contributed by atoms with Crippen LogP contribution < -0.4 is 15.6 Å². The summed E-state index contributed by atoms with van der Waals surface area (Å²) in [6.07, 6.45) is 0. The molecule has 0 amide bonds. The summed E-state index contributed by atoms with van der Waals surface area (Å²) in [7, 11) is 0. The highest BCUT2D eigenvalue weighted by molar-refractivity contribution is 5.77. The Kier molecular flexibility index (Phi) is 4.79. The number of nitrogens with zero attached hydrogens (tertiary/aromatic N) is 1. The number of ether oxygens (including phenoxy) is 1. The molecule has 1 atom stereocenters. The standard InChI is InChI=1S/C16H18N2O3/c1-12(16(19)20)18(17)14-8-5-9-15(10-14)21-11-13-6-3-2-4-7-13/h2-10,12H,11,17H2,1H3,(H,19,20). The van der Waals surface area contributed by atoms with E-state index in [2.05, 4.69) is 0 Å². The van der Waals surface area contributed by atoms with Gasteiger partial charge in [-0.3, -0.25) is 5.01 Å². The molecule has 0 saturated heterocycles. The average Bonchev–Trinajstić information content (AvgIpc) is 2.52. The lowest BCUT2D eigenvalue weighted by Crippen LogP contribution is -2.44. The highest BCUT2D eigenvalue weighted by Crippen LogP contribution is 2.21. The summed E-state index contributed by atoms with van der Waals surface area (Å²) in [5.74, 6) is 5.48. The van der Waals surface area contributed by atoms with Crippen LogP contribution in [0.4, 0.5) is 5.69 Å². The van der Waals surface area contributed by atoms with Crippen LogP contribution in [0.25, 0.3) is 0 Å². The lowest BCUT2D eigenvalue weighted by atomic mass is 10.2. The summed E-state index contributed by atoms with van der Waals surface area (Å²) in [6.45, 7) is 1.98. The van der Waals surface area contributed by atoms with Gasteiger partial charge in [0.2, 0.25) is 0 Å². The third-order valence-electron chi connectivity index (χ3n) is 3.14. The van der Waals surface area contributed by atoms with Crippen molar-refractivity contribution >= 4 is 11.7 Å². The average molecular weight is 286 g/mol. The second-order valence-electron chi connectivity index (χ2n) is 4.69. The predicted octanol–water partition coefficient (Wildman–Crippen LogP) is 2.42. The topological polar surface area (TPSA) is 75.8 Å². The lowest BCUT2D eigenvalue weighted by molar-refractivity contribution is -0.138. The molecule has 0 fully saturated rings. The molecule has 2 aromatic carbocycles. The van der Waals surface area contributed by atoms with Crippen molar-refractivity contribution in [3.63, 3.8) is 0 Å². The second-order valence-corrected chi connectivity index (χ2v) is 4.69. The maximum absolute atomic E-state index is 11.0. The highest BCUT2D eigenvalue weighted by Gasteiger charge is 2.18. The highest BCUT2D eigenvalue weighted by atomic mass is 16.5. The number of hydrogen-bond donors (Lipinski definition) is 2. The van der Waals surface area contributed by atoms with Gasteiger partial charge >= 0.3 is 5.97 Å². The molecule has 0 heterocycles. The Morgan fingerprint density at radius 3 is 2.62 bits per heavy atom. The SMILES string of the molecule is CC(C(=O)O)N(N)c1cccc(OCc2ccccc2)c1. The molecule has 5 heteroatoms. The number of carboxylic acid groups (broad SMARTS) is 1. The molecule has 0 aliphatic rings. The smallest absolute Gasteiger partial charge is 0.327 e. The molecule has 0 aliphatic carbocycles. The van der Waals surface area contributed by atoms with Crippen LogP contribution in [0.15, 0.2) is 54.6 Å². The van der Waals surface area contributed by atoms with Crippen LogP contribution in [0.5, 0.6) is 5.75 Å². The van der Waals surface area contributed by atoms with E-state index >= 15 is 0 Å². The molecule has 0 saturated carbocycles. The first-order chi connectivity index (χ1) is 10.1. The molecule has 0 bridgehead atoms. The van der Waals surface area contributed by atoms with E-state index in [0.717, 1.165) is 5.56 Å². The molecule has 2 rings (SSSR count). The zero-order chi connectivity index (χ0) is 15.2. The molecule has 3 N–H and O–H groups in total. The number of benzene rings is 2. The molecule has 21 heavy (non-hydrogen) atoms. The van der Waals surface area contributed by atoms with Gasteiger partial charge in [-0.1, -0.05) is 36.4 Å². The summed E-state index contributed by atoms with van der Waals surface area (Å²) < 4.78 is 5.69. The third-order valence-corrected chi connectivity index (χ3v) is 3.14. The number of nitrogens with two attached hydrogens (primary N) is 1.